The summed E-state index contributed by atoms with van der Waals surface area (Å²) in [5, 5.41) is 0. The molecule has 0 saturated heterocycles. The fraction of sp³-hybridized carbons (Fsp3) is 0.333. The van der Waals surface area contributed by atoms with Crippen molar-refractivity contribution >= 4 is 11.7 Å². The van der Waals surface area contributed by atoms with Gasteiger partial charge < -0.3 is 9.15 Å². The van der Waals surface area contributed by atoms with Gasteiger partial charge in [0.1, 0.15) is 5.76 Å². The Morgan fingerprint density at radius 3 is 3.19 bits per heavy atom. The van der Waals surface area contributed by atoms with Crippen molar-refractivity contribution in [1.29, 1.82) is 0 Å². The highest BCUT2D eigenvalue weighted by Gasteiger charge is 2.44. The van der Waals surface area contributed by atoms with Crippen LogP contribution in [-0.4, -0.2) is 28.9 Å². The summed E-state index contributed by atoms with van der Waals surface area (Å²) in [6.07, 6.45) is 10.3. The Hall–Kier alpha value is -2.50. The molecule has 5 rings (SSSR count). The lowest BCUT2D eigenvalue weighted by molar-refractivity contribution is -0.705. The van der Waals surface area contributed by atoms with Gasteiger partial charge in [0.2, 0.25) is 6.20 Å². The second-order valence-corrected chi connectivity index (χ2v) is 5.61. The Morgan fingerprint density at radius 1 is 1.29 bits per heavy atom. The summed E-state index contributed by atoms with van der Waals surface area (Å²) in [7, 11) is 0. The molecule has 4 aliphatic rings. The molecular formula is C15H14N3O3+. The number of aromatic nitrogens is 1. The van der Waals surface area contributed by atoms with Gasteiger partial charge in [0.05, 0.1) is 18.5 Å². The molecule has 1 aromatic heterocycles. The van der Waals surface area contributed by atoms with E-state index in [0.29, 0.717) is 12.5 Å². The largest absolute Gasteiger partial charge is 0.467 e. The van der Waals surface area contributed by atoms with Gasteiger partial charge in [-0.05, 0) is 18.6 Å². The third-order valence-electron chi connectivity index (χ3n) is 4.54. The van der Waals surface area contributed by atoms with Crippen molar-refractivity contribution in [2.24, 2.45) is 5.92 Å². The highest BCUT2D eigenvalue weighted by atomic mass is 16.5. The number of oxazole rings is 1. The molecule has 21 heavy (non-hydrogen) atoms. The van der Waals surface area contributed by atoms with Gasteiger partial charge >= 0.3 is 11.9 Å². The Bertz CT molecular complexity index is 743. The minimum absolute atomic E-state index is 0.0200. The minimum Gasteiger partial charge on any atom is -0.467 e. The zero-order chi connectivity index (χ0) is 14.0. The van der Waals surface area contributed by atoms with E-state index in [1.165, 1.54) is 0 Å². The monoisotopic (exact) mass is 284 g/mol. The normalized spacial score (nSPS) is 26.0. The number of rotatable bonds is 0. The SMILES string of the molecule is O=C1N2CC[n+]3ccoc3C2=CC2=C3OC=CC3CCN12. The zero-order valence-corrected chi connectivity index (χ0v) is 11.4. The van der Waals surface area contributed by atoms with Crippen LogP contribution < -0.4 is 4.57 Å². The number of carbonyl (C=O) groups excluding carboxylic acids is 1. The molecule has 1 unspecified atom stereocenters. The predicted molar refractivity (Wildman–Crippen MR) is 71.0 cm³/mol. The third kappa shape index (κ3) is 1.36. The fourth-order valence-corrected chi connectivity index (χ4v) is 3.47. The topological polar surface area (TPSA) is 49.8 Å². The summed E-state index contributed by atoms with van der Waals surface area (Å²) in [5.74, 6) is 1.90. The Labute approximate surface area is 121 Å². The number of nitrogens with zero attached hydrogens (tertiary/aromatic N) is 3. The summed E-state index contributed by atoms with van der Waals surface area (Å²) >= 11 is 0. The number of carbonyl (C=O) groups is 1. The van der Waals surface area contributed by atoms with E-state index in [1.807, 2.05) is 21.7 Å². The molecule has 1 aromatic rings. The molecule has 5 heterocycles. The summed E-state index contributed by atoms with van der Waals surface area (Å²) < 4.78 is 13.2. The van der Waals surface area contributed by atoms with E-state index < -0.39 is 0 Å². The number of amides is 2. The quantitative estimate of drug-likeness (QED) is 0.677. The first-order valence-electron chi connectivity index (χ1n) is 7.18. The van der Waals surface area contributed by atoms with Crippen LogP contribution in [0.5, 0.6) is 0 Å². The second-order valence-electron chi connectivity index (χ2n) is 5.61. The van der Waals surface area contributed by atoms with E-state index in [4.69, 9.17) is 9.15 Å². The van der Waals surface area contributed by atoms with Gasteiger partial charge in [0, 0.05) is 12.5 Å². The third-order valence-corrected chi connectivity index (χ3v) is 4.54. The van der Waals surface area contributed by atoms with Crippen molar-refractivity contribution in [2.75, 3.05) is 13.1 Å². The summed E-state index contributed by atoms with van der Waals surface area (Å²) in [5.41, 5.74) is 1.70. The van der Waals surface area contributed by atoms with E-state index in [1.54, 1.807) is 17.4 Å². The number of fused-ring (bicyclic) bond motifs is 5. The second kappa shape index (κ2) is 3.78. The van der Waals surface area contributed by atoms with Gasteiger partial charge in [-0.3, -0.25) is 9.80 Å². The van der Waals surface area contributed by atoms with E-state index in [9.17, 15) is 4.79 Å². The molecule has 6 nitrogen and oxygen atoms in total. The molecule has 0 spiro atoms. The number of hydrogen-bond acceptors (Lipinski definition) is 3. The Kier molecular flexibility index (Phi) is 2.01. The van der Waals surface area contributed by atoms with Crippen LogP contribution in [0.2, 0.25) is 0 Å². The summed E-state index contributed by atoms with van der Waals surface area (Å²) in [6, 6.07) is 0.0200. The van der Waals surface area contributed by atoms with E-state index >= 15 is 0 Å². The molecule has 0 N–H and O–H groups in total. The smallest absolute Gasteiger partial charge is 0.397 e. The highest BCUT2D eigenvalue weighted by Crippen LogP contribution is 2.39. The molecule has 0 bridgehead atoms. The minimum atomic E-state index is 0.0200. The molecule has 0 fully saturated rings. The molecule has 0 aliphatic carbocycles. The first-order valence-corrected chi connectivity index (χ1v) is 7.18. The van der Waals surface area contributed by atoms with Crippen LogP contribution in [0.1, 0.15) is 12.3 Å². The van der Waals surface area contributed by atoms with Crippen LogP contribution in [0, 0.1) is 5.92 Å². The van der Waals surface area contributed by atoms with Gasteiger partial charge in [-0.15, -0.1) is 0 Å². The van der Waals surface area contributed by atoms with Crippen molar-refractivity contribution in [3.63, 3.8) is 0 Å². The zero-order valence-electron chi connectivity index (χ0n) is 11.4. The molecule has 0 aromatic carbocycles. The summed E-state index contributed by atoms with van der Waals surface area (Å²) in [6.45, 7) is 2.16. The standard InChI is InChI=1S/C15H14N3O3/c19-15-17-3-1-10-2-7-20-13(10)11(17)9-12-14-16(6-8-21-14)4-5-18(12)15/h2,6-10H,1,3-5H2/q+1. The number of ether oxygens (including phenoxy) is 1. The fourth-order valence-electron chi connectivity index (χ4n) is 3.47. The van der Waals surface area contributed by atoms with Crippen LogP contribution in [0.25, 0.3) is 5.70 Å². The first-order chi connectivity index (χ1) is 10.3. The molecule has 4 aliphatic heterocycles. The highest BCUT2D eigenvalue weighted by molar-refractivity contribution is 5.90. The Balaban J connectivity index is 1.72. The van der Waals surface area contributed by atoms with E-state index in [2.05, 4.69) is 6.08 Å². The molecule has 0 radical (unpaired) electrons. The van der Waals surface area contributed by atoms with Crippen molar-refractivity contribution in [1.82, 2.24) is 9.80 Å². The van der Waals surface area contributed by atoms with Crippen LogP contribution in [0.4, 0.5) is 4.79 Å². The van der Waals surface area contributed by atoms with Crippen molar-refractivity contribution in [3.05, 3.63) is 48.2 Å². The van der Waals surface area contributed by atoms with Crippen molar-refractivity contribution in [2.45, 2.75) is 13.0 Å². The van der Waals surface area contributed by atoms with Crippen molar-refractivity contribution in [3.8, 4) is 0 Å². The maximum atomic E-state index is 12.8. The van der Waals surface area contributed by atoms with E-state index in [0.717, 1.165) is 42.6 Å². The van der Waals surface area contributed by atoms with Gasteiger partial charge in [0.25, 0.3) is 0 Å². The average Bonchev–Trinajstić information content (AvgIpc) is 3.16. The van der Waals surface area contributed by atoms with Gasteiger partial charge in [-0.2, -0.15) is 4.57 Å². The van der Waals surface area contributed by atoms with Gasteiger partial charge in [-0.1, -0.05) is 0 Å². The van der Waals surface area contributed by atoms with Crippen LogP contribution in [0.15, 0.2) is 46.7 Å². The Morgan fingerprint density at radius 2 is 2.24 bits per heavy atom. The summed E-state index contributed by atoms with van der Waals surface area (Å²) in [4.78, 5) is 16.4. The van der Waals surface area contributed by atoms with Gasteiger partial charge in [-0.25, -0.2) is 4.79 Å². The van der Waals surface area contributed by atoms with Crippen molar-refractivity contribution < 1.29 is 18.5 Å². The maximum Gasteiger partial charge on any atom is 0.397 e. The number of hydrogen-bond donors (Lipinski definition) is 0. The predicted octanol–water partition coefficient (Wildman–Crippen LogP) is 1.43. The molecule has 1 atom stereocenters. The maximum absolute atomic E-state index is 12.8. The number of urea groups is 1. The van der Waals surface area contributed by atoms with Gasteiger partial charge in [0.15, 0.2) is 18.5 Å². The average molecular weight is 284 g/mol. The molecule has 6 heteroatoms. The first kappa shape index (κ1) is 11.2. The lowest BCUT2D eigenvalue weighted by atomic mass is 9.96. The molecule has 0 saturated carbocycles. The van der Waals surface area contributed by atoms with E-state index in [-0.39, 0.29) is 6.03 Å². The molecular weight excluding hydrogens is 270 g/mol. The molecule has 106 valence electrons. The van der Waals surface area contributed by atoms with Crippen LogP contribution in [0.3, 0.4) is 0 Å². The van der Waals surface area contributed by atoms with Crippen LogP contribution in [-0.2, 0) is 11.3 Å². The lowest BCUT2D eigenvalue weighted by Gasteiger charge is -2.39. The lowest BCUT2D eigenvalue weighted by Crippen LogP contribution is -2.55. The van der Waals surface area contributed by atoms with Crippen LogP contribution >= 0.6 is 0 Å². The molecule has 2 amide bonds. The number of allylic oxidation sites excluding steroid dienone is 2.